The van der Waals surface area contributed by atoms with Gasteiger partial charge in [-0.05, 0) is 98.3 Å². The van der Waals surface area contributed by atoms with E-state index < -0.39 is 11.7 Å². The Labute approximate surface area is 241 Å². The molecule has 1 atom stereocenters. The number of benzene rings is 3. The molecular weight excluding hydrogens is 526 g/mol. The molecule has 1 N–H and O–H groups in total. The van der Waals surface area contributed by atoms with Crippen molar-refractivity contribution in [3.8, 4) is 11.1 Å². The smallest absolute Gasteiger partial charge is 0.412 e. The molecule has 5 rings (SSSR count). The minimum atomic E-state index is -0.574. The molecule has 1 saturated heterocycles. The average Bonchev–Trinajstić information content (AvgIpc) is 2.92. The van der Waals surface area contributed by atoms with E-state index in [2.05, 4.69) is 27.2 Å². The molecule has 2 aliphatic heterocycles. The first-order valence-corrected chi connectivity index (χ1v) is 14.1. The number of nitrogens with zero attached hydrogens (tertiary/aromatic N) is 2. The van der Waals surface area contributed by atoms with Crippen LogP contribution in [0.1, 0.15) is 48.7 Å². The fourth-order valence-corrected chi connectivity index (χ4v) is 5.76. The number of aryl methyl sites for hydroxylation is 1. The topological polar surface area (TPSA) is 71.1 Å². The van der Waals surface area contributed by atoms with Gasteiger partial charge in [-0.2, -0.15) is 0 Å². The standard InChI is InChI=1S/C32H36ClN3O4/c1-32(2,3)40-31(38)34-26-11-13-28(21-5-9-25(33)10-6-21)24(18-26)19-35-15-16-36-27(20-35)12-7-22-17-23(30(37)39-4)8-14-29(22)36/h5-6,8-11,13-14,17-18,27H,7,12,15-16,19-20H2,1-4H3,(H,34,38)/t27-/m1/s1. The van der Waals surface area contributed by atoms with Crippen molar-refractivity contribution in [2.45, 2.75) is 51.8 Å². The van der Waals surface area contributed by atoms with Crippen molar-refractivity contribution in [2.24, 2.45) is 0 Å². The van der Waals surface area contributed by atoms with Crippen LogP contribution in [-0.2, 0) is 22.4 Å². The van der Waals surface area contributed by atoms with Crippen LogP contribution in [0.5, 0.6) is 0 Å². The van der Waals surface area contributed by atoms with E-state index >= 15 is 0 Å². The molecule has 0 saturated carbocycles. The summed E-state index contributed by atoms with van der Waals surface area (Å²) in [4.78, 5) is 29.4. The first kappa shape index (κ1) is 28.0. The van der Waals surface area contributed by atoms with Gasteiger partial charge >= 0.3 is 12.1 Å². The summed E-state index contributed by atoms with van der Waals surface area (Å²) in [7, 11) is 1.42. The normalized spacial score (nSPS) is 17.0. The molecular formula is C32H36ClN3O4. The van der Waals surface area contributed by atoms with Gasteiger partial charge in [0, 0.05) is 48.6 Å². The van der Waals surface area contributed by atoms with Crippen LogP contribution in [0.3, 0.4) is 0 Å². The summed E-state index contributed by atoms with van der Waals surface area (Å²) in [5.74, 6) is -0.297. The molecule has 40 heavy (non-hydrogen) atoms. The zero-order valence-corrected chi connectivity index (χ0v) is 24.3. The highest BCUT2D eigenvalue weighted by atomic mass is 35.5. The van der Waals surface area contributed by atoms with E-state index in [0.717, 1.165) is 55.7 Å². The number of hydrogen-bond acceptors (Lipinski definition) is 6. The number of piperazine rings is 1. The second-order valence-electron chi connectivity index (χ2n) is 11.5. The monoisotopic (exact) mass is 561 g/mol. The van der Waals surface area contributed by atoms with Gasteiger partial charge in [-0.1, -0.05) is 29.8 Å². The highest BCUT2D eigenvalue weighted by Crippen LogP contribution is 2.35. The molecule has 0 spiro atoms. The number of methoxy groups -OCH3 is 1. The maximum atomic E-state index is 12.5. The Bertz CT molecular complexity index is 1400. The Morgan fingerprint density at radius 3 is 2.52 bits per heavy atom. The number of fused-ring (bicyclic) bond motifs is 3. The third kappa shape index (κ3) is 6.43. The lowest BCUT2D eigenvalue weighted by Gasteiger charge is -2.46. The fraction of sp³-hybridized carbons (Fsp3) is 0.375. The predicted octanol–water partition coefficient (Wildman–Crippen LogP) is 6.78. The largest absolute Gasteiger partial charge is 0.465 e. The van der Waals surface area contributed by atoms with Crippen molar-refractivity contribution < 1.29 is 19.1 Å². The molecule has 8 heteroatoms. The third-order valence-electron chi connectivity index (χ3n) is 7.42. The summed E-state index contributed by atoms with van der Waals surface area (Å²) in [6.45, 7) is 9.04. The molecule has 3 aromatic carbocycles. The molecule has 0 aliphatic carbocycles. The average molecular weight is 562 g/mol. The number of ether oxygens (including phenoxy) is 2. The van der Waals surface area contributed by atoms with Crippen LogP contribution in [0.25, 0.3) is 11.1 Å². The van der Waals surface area contributed by atoms with Gasteiger partial charge in [0.05, 0.1) is 12.7 Å². The van der Waals surface area contributed by atoms with E-state index in [4.69, 9.17) is 21.1 Å². The molecule has 210 valence electrons. The minimum Gasteiger partial charge on any atom is -0.465 e. The number of carbonyl (C=O) groups excluding carboxylic acids is 2. The van der Waals surface area contributed by atoms with Crippen LogP contribution in [-0.4, -0.2) is 55.3 Å². The molecule has 0 unspecified atom stereocenters. The highest BCUT2D eigenvalue weighted by molar-refractivity contribution is 6.30. The molecule has 0 aromatic heterocycles. The molecule has 1 amide bonds. The first-order valence-electron chi connectivity index (χ1n) is 13.7. The molecule has 3 aromatic rings. The number of anilines is 2. The Morgan fingerprint density at radius 1 is 1.02 bits per heavy atom. The van der Waals surface area contributed by atoms with Gasteiger partial charge in [0.15, 0.2) is 0 Å². The van der Waals surface area contributed by atoms with Crippen molar-refractivity contribution in [3.63, 3.8) is 0 Å². The van der Waals surface area contributed by atoms with E-state index in [1.54, 1.807) is 0 Å². The van der Waals surface area contributed by atoms with Crippen LogP contribution in [0, 0.1) is 0 Å². The van der Waals surface area contributed by atoms with E-state index in [9.17, 15) is 9.59 Å². The third-order valence-corrected chi connectivity index (χ3v) is 7.68. The number of rotatable bonds is 5. The molecule has 0 bridgehead atoms. The van der Waals surface area contributed by atoms with Crippen molar-refractivity contribution in [1.82, 2.24) is 4.90 Å². The maximum Gasteiger partial charge on any atom is 0.412 e. The molecule has 2 heterocycles. The first-order chi connectivity index (χ1) is 19.1. The minimum absolute atomic E-state index is 0.297. The van der Waals surface area contributed by atoms with E-state index in [-0.39, 0.29) is 5.97 Å². The van der Waals surface area contributed by atoms with Crippen LogP contribution >= 0.6 is 11.6 Å². The summed E-state index contributed by atoms with van der Waals surface area (Å²) in [5, 5.41) is 3.59. The van der Waals surface area contributed by atoms with E-state index in [1.807, 2.05) is 69.3 Å². The molecule has 2 aliphatic rings. The lowest BCUT2D eigenvalue weighted by Crippen LogP contribution is -2.54. The van der Waals surface area contributed by atoms with Gasteiger partial charge in [-0.25, -0.2) is 9.59 Å². The van der Waals surface area contributed by atoms with Gasteiger partial charge in [-0.3, -0.25) is 10.2 Å². The number of halogens is 1. The van der Waals surface area contributed by atoms with Gasteiger partial charge in [-0.15, -0.1) is 0 Å². The number of carbonyl (C=O) groups is 2. The van der Waals surface area contributed by atoms with Crippen LogP contribution in [0.2, 0.25) is 5.02 Å². The lowest BCUT2D eigenvalue weighted by atomic mass is 9.92. The number of nitrogens with one attached hydrogen (secondary N) is 1. The van der Waals surface area contributed by atoms with Gasteiger partial charge < -0.3 is 14.4 Å². The van der Waals surface area contributed by atoms with Crippen LogP contribution in [0.15, 0.2) is 60.7 Å². The number of hydrogen-bond donors (Lipinski definition) is 1. The zero-order valence-electron chi connectivity index (χ0n) is 23.5. The summed E-state index contributed by atoms with van der Waals surface area (Å²) >= 11 is 6.16. The Morgan fingerprint density at radius 2 is 1.80 bits per heavy atom. The second-order valence-corrected chi connectivity index (χ2v) is 11.9. The predicted molar refractivity (Wildman–Crippen MR) is 159 cm³/mol. The quantitative estimate of drug-likeness (QED) is 0.346. The SMILES string of the molecule is COC(=O)c1ccc2c(c1)CC[C@@H]1CN(Cc3cc(NC(=O)OC(C)(C)C)ccc3-c3ccc(Cl)cc3)CCN21. The lowest BCUT2D eigenvalue weighted by molar-refractivity contribution is 0.0598. The van der Waals surface area contributed by atoms with Crippen LogP contribution in [0.4, 0.5) is 16.2 Å². The molecule has 0 radical (unpaired) electrons. The number of esters is 1. The molecule has 7 nitrogen and oxygen atoms in total. The Balaban J connectivity index is 1.35. The van der Waals surface area contributed by atoms with Crippen molar-refractivity contribution >= 4 is 35.0 Å². The van der Waals surface area contributed by atoms with Gasteiger partial charge in [0.25, 0.3) is 0 Å². The fourth-order valence-electron chi connectivity index (χ4n) is 5.64. The number of amides is 1. The van der Waals surface area contributed by atoms with Crippen molar-refractivity contribution in [3.05, 3.63) is 82.4 Å². The summed E-state index contributed by atoms with van der Waals surface area (Å²) < 4.78 is 10.4. The van der Waals surface area contributed by atoms with Gasteiger partial charge in [0.2, 0.25) is 0 Å². The van der Waals surface area contributed by atoms with Crippen molar-refractivity contribution in [1.29, 1.82) is 0 Å². The van der Waals surface area contributed by atoms with Gasteiger partial charge in [0.1, 0.15) is 5.60 Å². The highest BCUT2D eigenvalue weighted by Gasteiger charge is 2.32. The van der Waals surface area contributed by atoms with Crippen LogP contribution < -0.4 is 10.2 Å². The summed E-state index contributed by atoms with van der Waals surface area (Å²) in [6.07, 6.45) is 1.49. The van der Waals surface area contributed by atoms with E-state index in [1.165, 1.54) is 18.4 Å². The maximum absolute atomic E-state index is 12.5. The van der Waals surface area contributed by atoms with E-state index in [0.29, 0.717) is 22.3 Å². The summed E-state index contributed by atoms with van der Waals surface area (Å²) in [5.41, 5.74) is 6.47. The Hall–Kier alpha value is -3.55. The van der Waals surface area contributed by atoms with Crippen molar-refractivity contribution in [2.75, 3.05) is 37.0 Å². The second kappa shape index (κ2) is 11.5. The molecule has 1 fully saturated rings. The Kier molecular flexibility index (Phi) is 8.06. The summed E-state index contributed by atoms with van der Waals surface area (Å²) in [6, 6.07) is 20.2. The zero-order chi connectivity index (χ0) is 28.4.